The van der Waals surface area contributed by atoms with Gasteiger partial charge in [0.1, 0.15) is 11.5 Å². The predicted molar refractivity (Wildman–Crippen MR) is 69.8 cm³/mol. The molecule has 0 bridgehead atoms. The highest BCUT2D eigenvalue weighted by Crippen LogP contribution is 2.22. The van der Waals surface area contributed by atoms with E-state index in [0.717, 1.165) is 23.9 Å². The van der Waals surface area contributed by atoms with Gasteiger partial charge >= 0.3 is 0 Å². The molecule has 17 heavy (non-hydrogen) atoms. The van der Waals surface area contributed by atoms with Crippen molar-refractivity contribution < 1.29 is 0 Å². The Labute approximate surface area is 104 Å². The molecule has 7 heteroatoms. The van der Waals surface area contributed by atoms with Crippen molar-refractivity contribution in [3.05, 3.63) is 11.8 Å². The Kier molecular flexibility index (Phi) is 3.65. The summed E-state index contributed by atoms with van der Waals surface area (Å²) in [6.45, 7) is 1.57. The molecule has 2 aromatic rings. The molecule has 6 N–H and O–H groups in total. The van der Waals surface area contributed by atoms with E-state index in [1.165, 1.54) is 0 Å². The number of aromatic nitrogens is 3. The maximum atomic E-state index is 5.83. The lowest BCUT2D eigenvalue weighted by Gasteiger charge is -2.03. The van der Waals surface area contributed by atoms with Crippen molar-refractivity contribution in [1.29, 1.82) is 0 Å². The fourth-order valence-electron chi connectivity index (χ4n) is 1.70. The van der Waals surface area contributed by atoms with Crippen LogP contribution in [0.25, 0.3) is 11.0 Å². The van der Waals surface area contributed by atoms with Gasteiger partial charge in [-0.25, -0.2) is 0 Å². The molecule has 6 nitrogen and oxygen atoms in total. The zero-order chi connectivity index (χ0) is 12.3. The van der Waals surface area contributed by atoms with Crippen molar-refractivity contribution in [3.63, 3.8) is 0 Å². The van der Waals surface area contributed by atoms with Gasteiger partial charge in [-0.05, 0) is 18.5 Å². The summed E-state index contributed by atoms with van der Waals surface area (Å²) in [5.74, 6) is 1.24. The molecular weight excluding hydrogens is 240 g/mol. The van der Waals surface area contributed by atoms with Crippen LogP contribution in [0.2, 0.25) is 0 Å². The molecule has 0 radical (unpaired) electrons. The van der Waals surface area contributed by atoms with Gasteiger partial charge in [0.25, 0.3) is 0 Å². The number of H-pyrrole nitrogens is 1. The number of nitrogens with two attached hydrogens (primary N) is 2. The van der Waals surface area contributed by atoms with Crippen LogP contribution in [0.1, 0.15) is 12.0 Å². The van der Waals surface area contributed by atoms with Crippen LogP contribution in [0.15, 0.2) is 6.20 Å². The highest BCUT2D eigenvalue weighted by molar-refractivity contribution is 6.17. The zero-order valence-electron chi connectivity index (χ0n) is 9.33. The number of nitrogens with one attached hydrogen (secondary N) is 2. The molecule has 0 aliphatic rings. The van der Waals surface area contributed by atoms with Gasteiger partial charge in [-0.2, -0.15) is 9.97 Å². The number of halogens is 1. The molecule has 0 aliphatic carbocycles. The maximum Gasteiger partial charge on any atom is 0.223 e. The smallest absolute Gasteiger partial charge is 0.223 e. The number of anilines is 2. The first-order valence-corrected chi connectivity index (χ1v) is 5.91. The Morgan fingerprint density at radius 2 is 2.18 bits per heavy atom. The van der Waals surface area contributed by atoms with Crippen LogP contribution < -0.4 is 16.8 Å². The van der Waals surface area contributed by atoms with Crippen LogP contribution in [0.5, 0.6) is 0 Å². The van der Waals surface area contributed by atoms with E-state index in [4.69, 9.17) is 23.1 Å². The van der Waals surface area contributed by atoms with Crippen LogP contribution in [-0.2, 0) is 6.54 Å². The third-order valence-electron chi connectivity index (χ3n) is 2.46. The van der Waals surface area contributed by atoms with Crippen molar-refractivity contribution in [1.82, 2.24) is 20.3 Å². The molecule has 2 rings (SSSR count). The van der Waals surface area contributed by atoms with Gasteiger partial charge in [0, 0.05) is 18.6 Å². The van der Waals surface area contributed by atoms with E-state index in [1.54, 1.807) is 0 Å². The predicted octanol–water partition coefficient (Wildman–Crippen LogP) is 0.841. The first-order chi connectivity index (χ1) is 8.22. The minimum Gasteiger partial charge on any atom is -0.383 e. The van der Waals surface area contributed by atoms with Gasteiger partial charge < -0.3 is 21.8 Å². The lowest BCUT2D eigenvalue weighted by Crippen LogP contribution is -2.15. The average molecular weight is 255 g/mol. The maximum absolute atomic E-state index is 5.83. The molecule has 2 heterocycles. The monoisotopic (exact) mass is 254 g/mol. The average Bonchev–Trinajstić information content (AvgIpc) is 2.68. The number of fused-ring (bicyclic) bond motifs is 1. The zero-order valence-corrected chi connectivity index (χ0v) is 10.1. The van der Waals surface area contributed by atoms with E-state index in [2.05, 4.69) is 20.3 Å². The molecule has 0 saturated heterocycles. The van der Waals surface area contributed by atoms with Gasteiger partial charge in [-0.3, -0.25) is 0 Å². The minimum atomic E-state index is 0.179. The van der Waals surface area contributed by atoms with Crippen molar-refractivity contribution in [3.8, 4) is 0 Å². The topological polar surface area (TPSA) is 106 Å². The third-order valence-corrected chi connectivity index (χ3v) is 2.73. The molecular formula is C10H15ClN6. The number of alkyl halides is 1. The van der Waals surface area contributed by atoms with Crippen molar-refractivity contribution in [2.45, 2.75) is 13.0 Å². The van der Waals surface area contributed by atoms with Gasteiger partial charge in [0.05, 0.1) is 5.39 Å². The normalized spacial score (nSPS) is 11.1. The number of aromatic amines is 1. The Bertz CT molecular complexity index is 509. The highest BCUT2D eigenvalue weighted by atomic mass is 35.5. The third kappa shape index (κ3) is 2.59. The number of hydrogen-bond acceptors (Lipinski definition) is 5. The van der Waals surface area contributed by atoms with Crippen LogP contribution in [-0.4, -0.2) is 27.4 Å². The number of nitrogen functional groups attached to an aromatic ring is 2. The van der Waals surface area contributed by atoms with E-state index in [9.17, 15) is 0 Å². The summed E-state index contributed by atoms with van der Waals surface area (Å²) in [4.78, 5) is 11.1. The first kappa shape index (κ1) is 11.9. The van der Waals surface area contributed by atoms with Crippen LogP contribution in [0.3, 0.4) is 0 Å². The molecule has 0 aliphatic heterocycles. The van der Waals surface area contributed by atoms with Gasteiger partial charge in [0.2, 0.25) is 5.95 Å². The summed E-state index contributed by atoms with van der Waals surface area (Å²) in [6, 6.07) is 0. The van der Waals surface area contributed by atoms with E-state index in [-0.39, 0.29) is 5.95 Å². The summed E-state index contributed by atoms with van der Waals surface area (Å²) < 4.78 is 0. The van der Waals surface area contributed by atoms with E-state index in [1.807, 2.05) is 6.20 Å². The SMILES string of the molecule is Nc1nc(N)c2c(CNCCCCl)c[nH]c2n1. The van der Waals surface area contributed by atoms with Crippen molar-refractivity contribution in [2.75, 3.05) is 23.9 Å². The summed E-state index contributed by atoms with van der Waals surface area (Å²) in [7, 11) is 0. The molecule has 2 aromatic heterocycles. The van der Waals surface area contributed by atoms with E-state index < -0.39 is 0 Å². The molecule has 0 atom stereocenters. The highest BCUT2D eigenvalue weighted by Gasteiger charge is 2.09. The second-order valence-corrected chi connectivity index (χ2v) is 4.10. The second kappa shape index (κ2) is 5.20. The van der Waals surface area contributed by atoms with Gasteiger partial charge in [-0.15, -0.1) is 11.6 Å². The summed E-state index contributed by atoms with van der Waals surface area (Å²) in [6.07, 6.45) is 2.80. The lowest BCUT2D eigenvalue weighted by atomic mass is 10.2. The van der Waals surface area contributed by atoms with E-state index >= 15 is 0 Å². The largest absolute Gasteiger partial charge is 0.383 e. The molecule has 0 saturated carbocycles. The van der Waals surface area contributed by atoms with Gasteiger partial charge in [-0.1, -0.05) is 0 Å². The lowest BCUT2D eigenvalue weighted by molar-refractivity contribution is 0.680. The van der Waals surface area contributed by atoms with Crippen molar-refractivity contribution in [2.24, 2.45) is 0 Å². The van der Waals surface area contributed by atoms with Crippen LogP contribution in [0.4, 0.5) is 11.8 Å². The summed E-state index contributed by atoms with van der Waals surface area (Å²) >= 11 is 5.60. The molecule has 0 spiro atoms. The van der Waals surface area contributed by atoms with Crippen molar-refractivity contribution >= 4 is 34.4 Å². The fraction of sp³-hybridized carbons (Fsp3) is 0.400. The molecule has 0 unspecified atom stereocenters. The van der Waals surface area contributed by atoms with Crippen LogP contribution in [0, 0.1) is 0 Å². The fourth-order valence-corrected chi connectivity index (χ4v) is 1.83. The number of hydrogen-bond donors (Lipinski definition) is 4. The Hall–Kier alpha value is -1.53. The molecule has 92 valence electrons. The minimum absolute atomic E-state index is 0.179. The summed E-state index contributed by atoms with van der Waals surface area (Å²) in [5.41, 5.74) is 13.1. The van der Waals surface area contributed by atoms with Crippen LogP contribution >= 0.6 is 11.6 Å². The first-order valence-electron chi connectivity index (χ1n) is 5.38. The Morgan fingerprint density at radius 3 is 2.94 bits per heavy atom. The second-order valence-electron chi connectivity index (χ2n) is 3.72. The molecule has 0 fully saturated rings. The summed E-state index contributed by atoms with van der Waals surface area (Å²) in [5, 5.41) is 4.11. The Morgan fingerprint density at radius 1 is 1.35 bits per heavy atom. The standard InChI is InChI=1S/C10H15ClN6/c11-2-1-3-14-4-6-5-15-9-7(6)8(12)16-10(13)17-9/h5,14H,1-4H2,(H5,12,13,15,16,17). The quantitative estimate of drug-likeness (QED) is 0.467. The number of rotatable bonds is 5. The molecule has 0 aromatic carbocycles. The van der Waals surface area contributed by atoms with Gasteiger partial charge in [0.15, 0.2) is 0 Å². The Balaban J connectivity index is 2.18. The number of nitrogens with zero attached hydrogens (tertiary/aromatic N) is 2. The van der Waals surface area contributed by atoms with E-state index in [0.29, 0.717) is 23.9 Å². The molecule has 0 amide bonds.